The minimum Gasteiger partial charge on any atom is -0.497 e. The van der Waals surface area contributed by atoms with Gasteiger partial charge in [-0.25, -0.2) is 0 Å². The van der Waals surface area contributed by atoms with E-state index in [2.05, 4.69) is 4.90 Å². The van der Waals surface area contributed by atoms with E-state index in [0.29, 0.717) is 12.6 Å². The quantitative estimate of drug-likeness (QED) is 0.832. The van der Waals surface area contributed by atoms with Crippen LogP contribution in [0.4, 0.5) is 0 Å². The van der Waals surface area contributed by atoms with Crippen LogP contribution in [0.3, 0.4) is 0 Å². The highest BCUT2D eigenvalue weighted by Crippen LogP contribution is 2.17. The maximum Gasteiger partial charge on any atom is 0.119 e. The lowest BCUT2D eigenvalue weighted by molar-refractivity contribution is 0.236. The van der Waals surface area contributed by atoms with Crippen molar-refractivity contribution in [2.24, 2.45) is 5.73 Å². The monoisotopic (exact) mass is 236 g/mol. The van der Waals surface area contributed by atoms with Crippen molar-refractivity contribution in [3.05, 3.63) is 24.3 Å². The summed E-state index contributed by atoms with van der Waals surface area (Å²) in [4.78, 5) is 2.34. The molecule has 1 saturated heterocycles. The van der Waals surface area contributed by atoms with E-state index in [4.69, 9.17) is 15.2 Å². The van der Waals surface area contributed by atoms with Gasteiger partial charge in [-0.2, -0.15) is 0 Å². The third-order valence-corrected chi connectivity index (χ3v) is 3.04. The molecule has 1 fully saturated rings. The lowest BCUT2D eigenvalue weighted by Gasteiger charge is -2.15. The number of hydrogen-bond donors (Lipinski definition) is 1. The normalized spacial score (nSPS) is 20.5. The summed E-state index contributed by atoms with van der Waals surface area (Å²) in [6.07, 6.45) is 1.10. The predicted octanol–water partition coefficient (Wildman–Crippen LogP) is 1.11. The van der Waals surface area contributed by atoms with Crippen molar-refractivity contribution in [3.63, 3.8) is 0 Å². The highest BCUT2D eigenvalue weighted by molar-refractivity contribution is 5.31. The summed E-state index contributed by atoms with van der Waals surface area (Å²) in [6, 6.07) is 8.00. The fourth-order valence-electron chi connectivity index (χ4n) is 2.03. The minimum atomic E-state index is 0.344. The largest absolute Gasteiger partial charge is 0.497 e. The topological polar surface area (TPSA) is 47.7 Å². The molecule has 0 bridgehead atoms. The summed E-state index contributed by atoms with van der Waals surface area (Å²) in [5, 5.41) is 0. The van der Waals surface area contributed by atoms with Gasteiger partial charge < -0.3 is 15.2 Å². The summed E-state index contributed by atoms with van der Waals surface area (Å²) < 4.78 is 10.8. The molecular weight excluding hydrogens is 216 g/mol. The van der Waals surface area contributed by atoms with Crippen LogP contribution in [0.2, 0.25) is 0 Å². The second-order valence-electron chi connectivity index (χ2n) is 4.37. The van der Waals surface area contributed by atoms with Crippen LogP contribution in [-0.2, 0) is 0 Å². The highest BCUT2D eigenvalue weighted by Gasteiger charge is 2.18. The van der Waals surface area contributed by atoms with Crippen molar-refractivity contribution in [1.82, 2.24) is 4.90 Å². The number of hydrogen-bond acceptors (Lipinski definition) is 4. The van der Waals surface area contributed by atoms with Crippen LogP contribution in [0.25, 0.3) is 0 Å². The first kappa shape index (κ1) is 12.2. The highest BCUT2D eigenvalue weighted by atomic mass is 16.5. The average Bonchev–Trinajstić information content (AvgIpc) is 2.76. The van der Waals surface area contributed by atoms with Gasteiger partial charge in [0.15, 0.2) is 0 Å². The maximum atomic E-state index is 5.84. The first-order chi connectivity index (χ1) is 8.28. The Morgan fingerprint density at radius 3 is 2.59 bits per heavy atom. The molecule has 1 aliphatic heterocycles. The van der Waals surface area contributed by atoms with Crippen LogP contribution in [0.1, 0.15) is 6.42 Å². The molecule has 4 heteroatoms. The zero-order valence-corrected chi connectivity index (χ0v) is 10.3. The Labute approximate surface area is 102 Å². The van der Waals surface area contributed by atoms with Gasteiger partial charge in [-0.05, 0) is 37.2 Å². The van der Waals surface area contributed by atoms with E-state index in [1.807, 2.05) is 24.3 Å². The number of ether oxygens (including phenoxy) is 2. The molecule has 0 radical (unpaired) electrons. The Bertz CT molecular complexity index is 340. The first-order valence-corrected chi connectivity index (χ1v) is 6.03. The van der Waals surface area contributed by atoms with Crippen LogP contribution >= 0.6 is 0 Å². The molecule has 0 unspecified atom stereocenters. The van der Waals surface area contributed by atoms with E-state index in [1.54, 1.807) is 7.11 Å². The second kappa shape index (κ2) is 5.89. The van der Waals surface area contributed by atoms with Crippen molar-refractivity contribution in [2.75, 3.05) is 33.4 Å². The third kappa shape index (κ3) is 3.61. The molecule has 1 aromatic carbocycles. The van der Waals surface area contributed by atoms with Crippen molar-refractivity contribution in [1.29, 1.82) is 0 Å². The molecule has 1 atom stereocenters. The van der Waals surface area contributed by atoms with Crippen molar-refractivity contribution < 1.29 is 9.47 Å². The lowest BCUT2D eigenvalue weighted by Crippen LogP contribution is -2.29. The summed E-state index contributed by atoms with van der Waals surface area (Å²) in [5.74, 6) is 1.73. The molecule has 17 heavy (non-hydrogen) atoms. The van der Waals surface area contributed by atoms with Crippen molar-refractivity contribution in [2.45, 2.75) is 12.5 Å². The first-order valence-electron chi connectivity index (χ1n) is 6.03. The zero-order valence-electron chi connectivity index (χ0n) is 10.3. The molecule has 2 N–H and O–H groups in total. The van der Waals surface area contributed by atoms with Gasteiger partial charge in [-0.3, -0.25) is 4.90 Å². The SMILES string of the molecule is COc1ccc(OCCN2CC[C@@H](N)C2)cc1. The van der Waals surface area contributed by atoms with Gasteiger partial charge in [0.1, 0.15) is 18.1 Å². The van der Waals surface area contributed by atoms with Crippen LogP contribution in [0.15, 0.2) is 24.3 Å². The Morgan fingerprint density at radius 1 is 1.29 bits per heavy atom. The number of likely N-dealkylation sites (tertiary alicyclic amines) is 1. The number of benzene rings is 1. The van der Waals surface area contributed by atoms with Gasteiger partial charge in [0, 0.05) is 19.1 Å². The van der Waals surface area contributed by atoms with E-state index in [-0.39, 0.29) is 0 Å². The van der Waals surface area contributed by atoms with Crippen molar-refractivity contribution in [3.8, 4) is 11.5 Å². The molecule has 0 saturated carbocycles. The minimum absolute atomic E-state index is 0.344. The smallest absolute Gasteiger partial charge is 0.119 e. The average molecular weight is 236 g/mol. The Kier molecular flexibility index (Phi) is 4.23. The fraction of sp³-hybridized carbons (Fsp3) is 0.538. The molecule has 0 amide bonds. The summed E-state index contributed by atoms with van der Waals surface area (Å²) in [6.45, 7) is 3.73. The Balaban J connectivity index is 1.70. The second-order valence-corrected chi connectivity index (χ2v) is 4.37. The molecule has 4 nitrogen and oxygen atoms in total. The van der Waals surface area contributed by atoms with E-state index < -0.39 is 0 Å². The van der Waals surface area contributed by atoms with Crippen LogP contribution in [0.5, 0.6) is 11.5 Å². The molecule has 2 rings (SSSR count). The van der Waals surface area contributed by atoms with E-state index >= 15 is 0 Å². The van der Waals surface area contributed by atoms with Gasteiger partial charge in [-0.15, -0.1) is 0 Å². The molecule has 0 aliphatic carbocycles. The summed E-state index contributed by atoms with van der Waals surface area (Å²) >= 11 is 0. The van der Waals surface area contributed by atoms with Crippen molar-refractivity contribution >= 4 is 0 Å². The molecule has 94 valence electrons. The molecular formula is C13H20N2O2. The Hall–Kier alpha value is -1.26. The van der Waals surface area contributed by atoms with E-state index in [9.17, 15) is 0 Å². The van der Waals surface area contributed by atoms with E-state index in [1.165, 1.54) is 0 Å². The maximum absolute atomic E-state index is 5.84. The zero-order chi connectivity index (χ0) is 12.1. The van der Waals surface area contributed by atoms with Gasteiger partial charge in [0.05, 0.1) is 7.11 Å². The third-order valence-electron chi connectivity index (χ3n) is 3.04. The van der Waals surface area contributed by atoms with Crippen LogP contribution in [-0.4, -0.2) is 44.3 Å². The number of methoxy groups -OCH3 is 1. The molecule has 1 heterocycles. The Morgan fingerprint density at radius 2 is 2.00 bits per heavy atom. The molecule has 1 aliphatic rings. The number of nitrogens with two attached hydrogens (primary N) is 1. The van der Waals surface area contributed by atoms with Crippen LogP contribution < -0.4 is 15.2 Å². The van der Waals surface area contributed by atoms with Gasteiger partial charge >= 0.3 is 0 Å². The predicted molar refractivity (Wildman–Crippen MR) is 67.5 cm³/mol. The van der Waals surface area contributed by atoms with Gasteiger partial charge in [0.2, 0.25) is 0 Å². The number of nitrogens with zero attached hydrogens (tertiary/aromatic N) is 1. The molecule has 0 aromatic heterocycles. The molecule has 0 spiro atoms. The molecule has 1 aromatic rings. The van der Waals surface area contributed by atoms with Crippen LogP contribution in [0, 0.1) is 0 Å². The van der Waals surface area contributed by atoms with E-state index in [0.717, 1.165) is 37.6 Å². The summed E-state index contributed by atoms with van der Waals surface area (Å²) in [7, 11) is 1.66. The number of rotatable bonds is 5. The van der Waals surface area contributed by atoms with Gasteiger partial charge in [-0.1, -0.05) is 0 Å². The standard InChI is InChI=1S/C13H20N2O2/c1-16-12-2-4-13(5-3-12)17-9-8-15-7-6-11(14)10-15/h2-5,11H,6-10,14H2,1H3/t11-/m1/s1. The lowest BCUT2D eigenvalue weighted by atomic mass is 10.3. The summed E-state index contributed by atoms with van der Waals surface area (Å²) in [5.41, 5.74) is 5.84. The fourth-order valence-corrected chi connectivity index (χ4v) is 2.03. The van der Waals surface area contributed by atoms with Gasteiger partial charge in [0.25, 0.3) is 0 Å².